The van der Waals surface area contributed by atoms with E-state index in [9.17, 15) is 8.42 Å². The summed E-state index contributed by atoms with van der Waals surface area (Å²) in [6.07, 6.45) is 3.65. The van der Waals surface area contributed by atoms with E-state index in [2.05, 4.69) is 0 Å². The van der Waals surface area contributed by atoms with Crippen LogP contribution in [0.25, 0.3) is 0 Å². The van der Waals surface area contributed by atoms with E-state index in [0.717, 1.165) is 19.3 Å². The zero-order valence-electron chi connectivity index (χ0n) is 8.77. The van der Waals surface area contributed by atoms with Gasteiger partial charge in [-0.15, -0.1) is 0 Å². The standard InChI is InChI=1S/C10H18O3S/c1-3-7(2)14(11,12)10-6-8-4-5-9(10)13-8/h7-10H,3-6H2,1-2H3. The summed E-state index contributed by atoms with van der Waals surface area (Å²) in [5.74, 6) is 0. The van der Waals surface area contributed by atoms with Crippen LogP contribution in [0.2, 0.25) is 0 Å². The van der Waals surface area contributed by atoms with Gasteiger partial charge in [0.2, 0.25) is 0 Å². The van der Waals surface area contributed by atoms with Crippen LogP contribution in [0.15, 0.2) is 0 Å². The molecule has 0 aromatic rings. The summed E-state index contributed by atoms with van der Waals surface area (Å²) in [4.78, 5) is 0. The van der Waals surface area contributed by atoms with Crippen molar-refractivity contribution in [1.82, 2.24) is 0 Å². The minimum Gasteiger partial charge on any atom is -0.374 e. The van der Waals surface area contributed by atoms with Gasteiger partial charge >= 0.3 is 0 Å². The molecule has 3 nitrogen and oxygen atoms in total. The number of rotatable bonds is 3. The van der Waals surface area contributed by atoms with Crippen LogP contribution in [-0.2, 0) is 14.6 Å². The molecular formula is C10H18O3S. The number of ether oxygens (including phenoxy) is 1. The van der Waals surface area contributed by atoms with E-state index >= 15 is 0 Å². The highest BCUT2D eigenvalue weighted by atomic mass is 32.2. The highest BCUT2D eigenvalue weighted by Gasteiger charge is 2.48. The van der Waals surface area contributed by atoms with Gasteiger partial charge in [-0.25, -0.2) is 8.42 Å². The zero-order valence-corrected chi connectivity index (χ0v) is 9.59. The van der Waals surface area contributed by atoms with Crippen molar-refractivity contribution in [3.63, 3.8) is 0 Å². The minimum atomic E-state index is -2.94. The van der Waals surface area contributed by atoms with Gasteiger partial charge in [0.05, 0.1) is 22.7 Å². The first-order valence-corrected chi connectivity index (χ1v) is 7.04. The molecule has 4 atom stereocenters. The summed E-state index contributed by atoms with van der Waals surface area (Å²) in [6.45, 7) is 3.73. The molecule has 0 radical (unpaired) electrons. The highest BCUT2D eigenvalue weighted by Crippen LogP contribution is 2.39. The second-order valence-electron chi connectivity index (χ2n) is 4.46. The molecule has 82 valence electrons. The van der Waals surface area contributed by atoms with Crippen LogP contribution in [0.3, 0.4) is 0 Å². The maximum Gasteiger partial charge on any atom is 0.158 e. The van der Waals surface area contributed by atoms with Gasteiger partial charge in [0.15, 0.2) is 9.84 Å². The summed E-state index contributed by atoms with van der Waals surface area (Å²) < 4.78 is 29.7. The van der Waals surface area contributed by atoms with Crippen LogP contribution in [0.5, 0.6) is 0 Å². The Morgan fingerprint density at radius 2 is 2.14 bits per heavy atom. The molecule has 0 amide bonds. The fraction of sp³-hybridized carbons (Fsp3) is 1.00. The quantitative estimate of drug-likeness (QED) is 0.721. The molecule has 0 aromatic heterocycles. The lowest BCUT2D eigenvalue weighted by Gasteiger charge is -2.22. The second-order valence-corrected chi connectivity index (χ2v) is 7.04. The van der Waals surface area contributed by atoms with E-state index in [-0.39, 0.29) is 22.7 Å². The molecule has 2 aliphatic rings. The fourth-order valence-electron chi connectivity index (χ4n) is 2.47. The normalized spacial score (nSPS) is 38.9. The Balaban J connectivity index is 2.16. The van der Waals surface area contributed by atoms with Crippen molar-refractivity contribution >= 4 is 9.84 Å². The van der Waals surface area contributed by atoms with E-state index in [4.69, 9.17) is 4.74 Å². The molecule has 0 aromatic carbocycles. The van der Waals surface area contributed by atoms with Crippen LogP contribution in [0.4, 0.5) is 0 Å². The Hall–Kier alpha value is -0.0900. The first-order chi connectivity index (χ1) is 6.55. The third-order valence-corrected chi connectivity index (χ3v) is 6.40. The smallest absolute Gasteiger partial charge is 0.158 e. The molecule has 14 heavy (non-hydrogen) atoms. The molecule has 4 heteroatoms. The Labute approximate surface area is 85.8 Å². The van der Waals surface area contributed by atoms with E-state index in [1.165, 1.54) is 0 Å². The predicted molar refractivity (Wildman–Crippen MR) is 55.0 cm³/mol. The molecule has 2 rings (SSSR count). The third kappa shape index (κ3) is 1.48. The second kappa shape index (κ2) is 3.49. The van der Waals surface area contributed by atoms with E-state index < -0.39 is 9.84 Å². The predicted octanol–water partition coefficient (Wildman–Crippen LogP) is 1.52. The molecule has 2 aliphatic heterocycles. The highest BCUT2D eigenvalue weighted by molar-refractivity contribution is 7.92. The molecule has 0 aliphatic carbocycles. The Kier molecular flexibility index (Phi) is 2.60. The lowest BCUT2D eigenvalue weighted by molar-refractivity contribution is 0.105. The van der Waals surface area contributed by atoms with Crippen molar-refractivity contribution < 1.29 is 13.2 Å². The molecule has 2 heterocycles. The van der Waals surface area contributed by atoms with Gasteiger partial charge in [0.25, 0.3) is 0 Å². The maximum atomic E-state index is 12.1. The fourth-order valence-corrected chi connectivity index (χ4v) is 4.64. The molecule has 4 unspecified atom stereocenters. The summed E-state index contributed by atoms with van der Waals surface area (Å²) in [6, 6.07) is 0. The van der Waals surface area contributed by atoms with Crippen LogP contribution in [0.1, 0.15) is 39.5 Å². The Bertz CT molecular complexity index is 309. The zero-order chi connectivity index (χ0) is 10.3. The van der Waals surface area contributed by atoms with Gasteiger partial charge in [-0.3, -0.25) is 0 Å². The van der Waals surface area contributed by atoms with Crippen molar-refractivity contribution in [2.75, 3.05) is 0 Å². The lowest BCUT2D eigenvalue weighted by atomic mass is 10.0. The summed E-state index contributed by atoms with van der Waals surface area (Å²) in [7, 11) is -2.94. The van der Waals surface area contributed by atoms with Gasteiger partial charge < -0.3 is 4.74 Å². The molecule has 0 spiro atoms. The maximum absolute atomic E-state index is 12.1. The van der Waals surface area contributed by atoms with Gasteiger partial charge in [0.1, 0.15) is 0 Å². The third-order valence-electron chi connectivity index (χ3n) is 3.61. The van der Waals surface area contributed by atoms with Gasteiger partial charge in [-0.2, -0.15) is 0 Å². The Morgan fingerprint density at radius 1 is 1.43 bits per heavy atom. The summed E-state index contributed by atoms with van der Waals surface area (Å²) in [5.41, 5.74) is 0. The average Bonchev–Trinajstić information content (AvgIpc) is 2.77. The largest absolute Gasteiger partial charge is 0.374 e. The minimum absolute atomic E-state index is 0.000926. The molecular weight excluding hydrogens is 200 g/mol. The molecule has 2 saturated heterocycles. The van der Waals surface area contributed by atoms with Crippen molar-refractivity contribution in [3.05, 3.63) is 0 Å². The van der Waals surface area contributed by atoms with Gasteiger partial charge in [0, 0.05) is 0 Å². The van der Waals surface area contributed by atoms with E-state index in [1.807, 2.05) is 6.92 Å². The molecule has 0 N–H and O–H groups in total. The summed E-state index contributed by atoms with van der Waals surface area (Å²) in [5, 5.41) is -0.424. The first kappa shape index (κ1) is 10.4. The van der Waals surface area contributed by atoms with Crippen molar-refractivity contribution in [2.24, 2.45) is 0 Å². The van der Waals surface area contributed by atoms with Crippen molar-refractivity contribution in [2.45, 2.75) is 62.2 Å². The SMILES string of the molecule is CCC(C)S(=O)(=O)C1CC2CCC1O2. The van der Waals surface area contributed by atoms with Crippen LogP contribution in [-0.4, -0.2) is 31.1 Å². The average molecular weight is 218 g/mol. The Morgan fingerprint density at radius 3 is 2.57 bits per heavy atom. The van der Waals surface area contributed by atoms with E-state index in [1.54, 1.807) is 6.92 Å². The number of hydrogen-bond donors (Lipinski definition) is 0. The van der Waals surface area contributed by atoms with E-state index in [0.29, 0.717) is 6.42 Å². The van der Waals surface area contributed by atoms with Gasteiger partial charge in [-0.1, -0.05) is 6.92 Å². The van der Waals surface area contributed by atoms with Crippen molar-refractivity contribution in [1.29, 1.82) is 0 Å². The van der Waals surface area contributed by atoms with Crippen LogP contribution >= 0.6 is 0 Å². The van der Waals surface area contributed by atoms with Gasteiger partial charge in [-0.05, 0) is 32.6 Å². The van der Waals surface area contributed by atoms with Crippen LogP contribution < -0.4 is 0 Å². The number of fused-ring (bicyclic) bond motifs is 2. The first-order valence-electron chi connectivity index (χ1n) is 5.44. The molecule has 0 saturated carbocycles. The lowest BCUT2D eigenvalue weighted by Crippen LogP contribution is -2.36. The van der Waals surface area contributed by atoms with Crippen molar-refractivity contribution in [3.8, 4) is 0 Å². The summed E-state index contributed by atoms with van der Waals surface area (Å²) >= 11 is 0. The topological polar surface area (TPSA) is 43.4 Å². The number of sulfone groups is 1. The molecule has 2 fully saturated rings. The monoisotopic (exact) mass is 218 g/mol. The number of hydrogen-bond acceptors (Lipinski definition) is 3. The molecule has 2 bridgehead atoms. The van der Waals surface area contributed by atoms with Crippen LogP contribution in [0, 0.1) is 0 Å².